The van der Waals surface area contributed by atoms with Crippen molar-refractivity contribution in [3.8, 4) is 0 Å². The molecule has 0 N–H and O–H groups in total. The highest BCUT2D eigenvalue weighted by Crippen LogP contribution is 2.59. The van der Waals surface area contributed by atoms with E-state index in [1.807, 2.05) is 6.07 Å². The van der Waals surface area contributed by atoms with E-state index in [0.717, 1.165) is 6.42 Å². The predicted octanol–water partition coefficient (Wildman–Crippen LogP) is 7.15. The lowest BCUT2D eigenvalue weighted by atomic mass is 9.88. The number of rotatable bonds is 4. The zero-order chi connectivity index (χ0) is 17.5. The molecule has 0 radical (unpaired) electrons. The first-order valence-corrected chi connectivity index (χ1v) is 15.9. The van der Waals surface area contributed by atoms with Crippen molar-refractivity contribution < 1.29 is 0 Å². The molecule has 1 aromatic carbocycles. The molecular formula is C19H28Cl2Si2. The van der Waals surface area contributed by atoms with Gasteiger partial charge >= 0.3 is 0 Å². The van der Waals surface area contributed by atoms with Gasteiger partial charge in [-0.25, -0.2) is 0 Å². The van der Waals surface area contributed by atoms with Crippen LogP contribution in [0.15, 0.2) is 46.8 Å². The Morgan fingerprint density at radius 3 is 2.09 bits per heavy atom. The molecule has 1 aliphatic rings. The van der Waals surface area contributed by atoms with Crippen molar-refractivity contribution >= 4 is 43.0 Å². The van der Waals surface area contributed by atoms with E-state index in [9.17, 15) is 0 Å². The lowest BCUT2D eigenvalue weighted by Gasteiger charge is -2.49. The van der Waals surface area contributed by atoms with Gasteiger partial charge in [-0.2, -0.15) is 0 Å². The van der Waals surface area contributed by atoms with E-state index >= 15 is 0 Å². The average molecular weight is 384 g/mol. The molecule has 0 aromatic heterocycles. The number of benzene rings is 1. The topological polar surface area (TPSA) is 0 Å². The first kappa shape index (κ1) is 19.0. The van der Waals surface area contributed by atoms with Crippen LogP contribution < -0.4 is 0 Å². The third kappa shape index (κ3) is 4.42. The second kappa shape index (κ2) is 6.55. The Balaban J connectivity index is 2.41. The molecule has 0 aliphatic carbocycles. The quantitative estimate of drug-likeness (QED) is 0.382. The van der Waals surface area contributed by atoms with Gasteiger partial charge in [-0.3, -0.25) is 0 Å². The van der Waals surface area contributed by atoms with Gasteiger partial charge < -0.3 is 0 Å². The summed E-state index contributed by atoms with van der Waals surface area (Å²) < 4.78 is 0. The van der Waals surface area contributed by atoms with Crippen molar-refractivity contribution in [3.63, 3.8) is 0 Å². The van der Waals surface area contributed by atoms with Crippen LogP contribution in [-0.2, 0) is 0 Å². The van der Waals surface area contributed by atoms with E-state index in [0.29, 0.717) is 5.54 Å². The highest BCUT2D eigenvalue weighted by Gasteiger charge is 2.57. The van der Waals surface area contributed by atoms with Gasteiger partial charge in [0.15, 0.2) is 0 Å². The van der Waals surface area contributed by atoms with Crippen molar-refractivity contribution in [2.45, 2.75) is 52.4 Å². The van der Waals surface area contributed by atoms with Crippen LogP contribution in [0.1, 0.15) is 32.8 Å². The summed E-state index contributed by atoms with van der Waals surface area (Å²) in [5.41, 5.74) is 3.25. The third-order valence-electron chi connectivity index (χ3n) is 4.26. The Hall–Kier alpha value is -0.286. The SMILES string of the molecule is CC(C)(C)CC1C(C=Cc2ccccc2)=C([Si](C)(C)C)[Si]1(Cl)Cl. The molecule has 1 unspecified atom stereocenters. The summed E-state index contributed by atoms with van der Waals surface area (Å²) in [5.74, 6) is 0. The van der Waals surface area contributed by atoms with E-state index in [1.165, 1.54) is 16.0 Å². The Kier molecular flexibility index (Phi) is 5.42. The fourth-order valence-corrected chi connectivity index (χ4v) is 18.4. The van der Waals surface area contributed by atoms with Gasteiger partial charge in [0, 0.05) is 5.54 Å². The summed E-state index contributed by atoms with van der Waals surface area (Å²) in [6.07, 6.45) is 5.56. The van der Waals surface area contributed by atoms with Crippen molar-refractivity contribution in [3.05, 3.63) is 52.4 Å². The summed E-state index contributed by atoms with van der Waals surface area (Å²) in [6, 6.07) is 10.5. The van der Waals surface area contributed by atoms with Gasteiger partial charge in [-0.1, -0.05) is 93.3 Å². The molecule has 0 spiro atoms. The summed E-state index contributed by atoms with van der Waals surface area (Å²) >= 11 is 13.9. The molecule has 126 valence electrons. The Morgan fingerprint density at radius 1 is 1.04 bits per heavy atom. The Bertz CT molecular complexity index is 617. The van der Waals surface area contributed by atoms with Crippen molar-refractivity contribution in [2.24, 2.45) is 5.41 Å². The van der Waals surface area contributed by atoms with E-state index in [2.05, 4.69) is 76.8 Å². The number of hydrogen-bond acceptors (Lipinski definition) is 0. The van der Waals surface area contributed by atoms with E-state index < -0.39 is 14.8 Å². The Labute approximate surface area is 153 Å². The summed E-state index contributed by atoms with van der Waals surface area (Å²) in [4.78, 5) is 1.44. The standard InChI is InChI=1S/C19H28Cl2Si2/c1-19(2,3)14-17-16(13-12-15-10-8-7-9-11-15)18(22(4,5)6)23(17,20)21/h7-13,17H,14H2,1-6H3. The lowest BCUT2D eigenvalue weighted by molar-refractivity contribution is 0.375. The predicted molar refractivity (Wildman–Crippen MR) is 111 cm³/mol. The second-order valence-electron chi connectivity index (χ2n) is 8.76. The van der Waals surface area contributed by atoms with Crippen LogP contribution in [0.25, 0.3) is 6.08 Å². The molecule has 0 amide bonds. The highest BCUT2D eigenvalue weighted by atomic mass is 35.7. The Morgan fingerprint density at radius 2 is 1.61 bits per heavy atom. The van der Waals surface area contributed by atoms with Gasteiger partial charge in [-0.15, -0.1) is 22.2 Å². The maximum atomic E-state index is 6.95. The molecule has 1 aromatic rings. The molecule has 1 heterocycles. The van der Waals surface area contributed by atoms with Crippen LogP contribution >= 0.6 is 22.2 Å². The van der Waals surface area contributed by atoms with Crippen molar-refractivity contribution in [2.75, 3.05) is 0 Å². The molecular weight excluding hydrogens is 355 g/mol. The van der Waals surface area contributed by atoms with E-state index in [1.54, 1.807) is 0 Å². The highest BCUT2D eigenvalue weighted by molar-refractivity contribution is 7.54. The zero-order valence-electron chi connectivity index (χ0n) is 15.1. The van der Waals surface area contributed by atoms with Gasteiger partial charge in [0.2, 0.25) is 0 Å². The molecule has 0 nitrogen and oxygen atoms in total. The summed E-state index contributed by atoms with van der Waals surface area (Å²) in [5, 5.41) is 0. The fraction of sp³-hybridized carbons (Fsp3) is 0.474. The minimum absolute atomic E-state index is 0.240. The van der Waals surface area contributed by atoms with Crippen LogP contribution in [-0.4, -0.2) is 14.8 Å². The van der Waals surface area contributed by atoms with Gasteiger partial charge in [0.05, 0.1) is 8.07 Å². The molecule has 2 rings (SSSR count). The van der Waals surface area contributed by atoms with Crippen LogP contribution in [0.2, 0.25) is 25.2 Å². The molecule has 0 fully saturated rings. The maximum absolute atomic E-state index is 6.95. The van der Waals surface area contributed by atoms with Crippen molar-refractivity contribution in [1.82, 2.24) is 0 Å². The molecule has 0 saturated heterocycles. The molecule has 4 heteroatoms. The summed E-state index contributed by atoms with van der Waals surface area (Å²) in [7, 11) is -1.50. The van der Waals surface area contributed by atoms with Crippen LogP contribution in [0.5, 0.6) is 0 Å². The minimum Gasteiger partial charge on any atom is -0.140 e. The van der Waals surface area contributed by atoms with Crippen LogP contribution in [0, 0.1) is 5.41 Å². The number of halogens is 2. The molecule has 0 saturated carbocycles. The fourth-order valence-electron chi connectivity index (χ4n) is 3.39. The normalized spacial score (nSPS) is 21.7. The van der Waals surface area contributed by atoms with Gasteiger partial charge in [0.1, 0.15) is 0 Å². The van der Waals surface area contributed by atoms with E-state index in [-0.39, 0.29) is 5.41 Å². The minimum atomic E-state index is -2.32. The monoisotopic (exact) mass is 382 g/mol. The summed E-state index contributed by atoms with van der Waals surface area (Å²) in [6.45, 7) is 11.6. The second-order valence-corrected chi connectivity index (χ2v) is 20.9. The maximum Gasteiger partial charge on any atom is 0.280 e. The zero-order valence-corrected chi connectivity index (χ0v) is 18.6. The van der Waals surface area contributed by atoms with Crippen LogP contribution in [0.3, 0.4) is 0 Å². The molecule has 1 atom stereocenters. The largest absolute Gasteiger partial charge is 0.280 e. The molecule has 1 aliphatic heterocycles. The van der Waals surface area contributed by atoms with Gasteiger partial charge in [-0.05, 0) is 17.4 Å². The smallest absolute Gasteiger partial charge is 0.140 e. The molecule has 0 bridgehead atoms. The van der Waals surface area contributed by atoms with Crippen LogP contribution in [0.4, 0.5) is 0 Å². The first-order valence-electron chi connectivity index (χ1n) is 8.29. The average Bonchev–Trinajstić information content (AvgIpc) is 2.39. The van der Waals surface area contributed by atoms with Gasteiger partial charge in [0.25, 0.3) is 6.69 Å². The number of hydrogen-bond donors (Lipinski definition) is 0. The number of allylic oxidation sites excluding steroid dienone is 2. The van der Waals surface area contributed by atoms with Crippen molar-refractivity contribution in [1.29, 1.82) is 0 Å². The molecule has 23 heavy (non-hydrogen) atoms. The first-order chi connectivity index (χ1) is 10.4. The van der Waals surface area contributed by atoms with E-state index in [4.69, 9.17) is 22.2 Å². The lowest BCUT2D eigenvalue weighted by Crippen LogP contribution is -2.52. The third-order valence-corrected chi connectivity index (χ3v) is 15.5.